The Morgan fingerprint density at radius 1 is 1.29 bits per heavy atom. The molecule has 0 fully saturated rings. The summed E-state index contributed by atoms with van der Waals surface area (Å²) >= 11 is 1.50. The lowest BCUT2D eigenvalue weighted by Gasteiger charge is -2.11. The van der Waals surface area contributed by atoms with Crippen LogP contribution in [0.25, 0.3) is 11.3 Å². The monoisotopic (exact) mass is 334 g/mol. The van der Waals surface area contributed by atoms with E-state index in [0.29, 0.717) is 11.1 Å². The summed E-state index contributed by atoms with van der Waals surface area (Å²) in [5.74, 6) is -0.222. The lowest BCUT2D eigenvalue weighted by Crippen LogP contribution is -2.26. The Bertz CT molecular complexity index is 899. The largest absolute Gasteiger partial charge is 0.343 e. The molecule has 2 heterocycles. The van der Waals surface area contributed by atoms with E-state index in [1.807, 2.05) is 30.5 Å². The first-order chi connectivity index (χ1) is 11.7. The molecule has 24 heavy (non-hydrogen) atoms. The van der Waals surface area contributed by atoms with E-state index >= 15 is 0 Å². The highest BCUT2D eigenvalue weighted by Gasteiger charge is 2.15. The molecule has 1 atom stereocenters. The number of thiazole rings is 1. The Morgan fingerprint density at radius 2 is 2.08 bits per heavy atom. The second kappa shape index (κ2) is 7.02. The molecule has 1 aromatic carbocycles. The number of nitrogens with one attached hydrogen (secondary N) is 1. The molecule has 0 bridgehead atoms. The topological polar surface area (TPSA) is 78.7 Å². The number of aromatic nitrogens is 2. The zero-order chi connectivity index (χ0) is 16.9. The minimum atomic E-state index is -0.222. The number of amides is 1. The number of hydrogen-bond acceptors (Lipinski definition) is 5. The first kappa shape index (κ1) is 15.8. The Morgan fingerprint density at radius 3 is 2.83 bits per heavy atom. The van der Waals surface area contributed by atoms with Gasteiger partial charge in [0.05, 0.1) is 23.4 Å². The molecule has 0 saturated carbocycles. The van der Waals surface area contributed by atoms with Gasteiger partial charge in [0.1, 0.15) is 5.01 Å². The lowest BCUT2D eigenvalue weighted by molar-refractivity contribution is 0.0940. The fourth-order valence-electron chi connectivity index (χ4n) is 2.21. The smallest absolute Gasteiger partial charge is 0.251 e. The number of hydrogen-bond donors (Lipinski definition) is 1. The summed E-state index contributed by atoms with van der Waals surface area (Å²) in [6.45, 7) is 1.89. The summed E-state index contributed by atoms with van der Waals surface area (Å²) in [5, 5.41) is 14.6. The van der Waals surface area contributed by atoms with Crippen LogP contribution in [0.15, 0.2) is 54.2 Å². The summed E-state index contributed by atoms with van der Waals surface area (Å²) in [6.07, 6.45) is 3.45. The molecule has 3 rings (SSSR count). The molecule has 0 radical (unpaired) electrons. The molecular formula is C18H14N4OS. The Labute approximate surface area is 143 Å². The Kier molecular flexibility index (Phi) is 4.64. The summed E-state index contributed by atoms with van der Waals surface area (Å²) in [7, 11) is 0. The van der Waals surface area contributed by atoms with Crippen LogP contribution in [-0.4, -0.2) is 15.9 Å². The van der Waals surface area contributed by atoms with Crippen LogP contribution < -0.4 is 5.32 Å². The van der Waals surface area contributed by atoms with Gasteiger partial charge in [0.2, 0.25) is 0 Å². The molecule has 1 amide bonds. The van der Waals surface area contributed by atoms with Gasteiger partial charge in [-0.3, -0.25) is 9.78 Å². The van der Waals surface area contributed by atoms with Gasteiger partial charge in [0.25, 0.3) is 5.91 Å². The molecule has 0 aliphatic rings. The van der Waals surface area contributed by atoms with Gasteiger partial charge in [-0.05, 0) is 37.3 Å². The van der Waals surface area contributed by atoms with Crippen LogP contribution in [0.2, 0.25) is 0 Å². The number of benzene rings is 1. The number of carbonyl (C=O) groups is 1. The number of carbonyl (C=O) groups excluding carboxylic acids is 1. The SMILES string of the molecule is CC(NC(=O)c1cccc(C#N)c1)c1nc(-c2ccncc2)cs1. The first-order valence-corrected chi connectivity index (χ1v) is 8.22. The highest BCUT2D eigenvalue weighted by Crippen LogP contribution is 2.25. The first-order valence-electron chi connectivity index (χ1n) is 7.34. The fourth-order valence-corrected chi connectivity index (χ4v) is 3.05. The number of pyridine rings is 1. The highest BCUT2D eigenvalue weighted by molar-refractivity contribution is 7.10. The lowest BCUT2D eigenvalue weighted by atomic mass is 10.1. The quantitative estimate of drug-likeness (QED) is 0.791. The summed E-state index contributed by atoms with van der Waals surface area (Å²) in [5.41, 5.74) is 2.79. The van der Waals surface area contributed by atoms with Crippen molar-refractivity contribution in [2.24, 2.45) is 0 Å². The zero-order valence-corrected chi connectivity index (χ0v) is 13.7. The molecule has 2 aromatic heterocycles. The van der Waals surface area contributed by atoms with Crippen LogP contribution >= 0.6 is 11.3 Å². The van der Waals surface area contributed by atoms with Crippen LogP contribution in [-0.2, 0) is 0 Å². The number of rotatable bonds is 4. The van der Waals surface area contributed by atoms with Gasteiger partial charge in [0, 0.05) is 28.9 Å². The van der Waals surface area contributed by atoms with E-state index in [1.165, 1.54) is 11.3 Å². The van der Waals surface area contributed by atoms with E-state index < -0.39 is 0 Å². The van der Waals surface area contributed by atoms with Crippen molar-refractivity contribution < 1.29 is 4.79 Å². The van der Waals surface area contributed by atoms with Crippen LogP contribution in [0.3, 0.4) is 0 Å². The maximum Gasteiger partial charge on any atom is 0.251 e. The Hall–Kier alpha value is -3.04. The van der Waals surface area contributed by atoms with Crippen molar-refractivity contribution in [2.45, 2.75) is 13.0 Å². The molecule has 0 aliphatic heterocycles. The Balaban J connectivity index is 1.73. The fraction of sp³-hybridized carbons (Fsp3) is 0.111. The van der Waals surface area contributed by atoms with E-state index in [2.05, 4.69) is 15.3 Å². The van der Waals surface area contributed by atoms with Crippen LogP contribution in [0, 0.1) is 11.3 Å². The van der Waals surface area contributed by atoms with E-state index in [1.54, 1.807) is 36.7 Å². The van der Waals surface area contributed by atoms with Gasteiger partial charge in [-0.1, -0.05) is 6.07 Å². The minimum absolute atomic E-state index is 0.219. The maximum atomic E-state index is 12.3. The summed E-state index contributed by atoms with van der Waals surface area (Å²) in [4.78, 5) is 20.9. The molecular weight excluding hydrogens is 320 g/mol. The molecule has 0 aliphatic carbocycles. The van der Waals surface area contributed by atoms with Gasteiger partial charge in [-0.25, -0.2) is 4.98 Å². The van der Waals surface area contributed by atoms with E-state index in [0.717, 1.165) is 16.3 Å². The average molecular weight is 334 g/mol. The van der Waals surface area contributed by atoms with Gasteiger partial charge in [-0.2, -0.15) is 5.26 Å². The van der Waals surface area contributed by atoms with Gasteiger partial charge in [0.15, 0.2) is 0 Å². The third-order valence-corrected chi connectivity index (χ3v) is 4.50. The molecule has 3 aromatic rings. The van der Waals surface area contributed by atoms with Crippen molar-refractivity contribution in [1.82, 2.24) is 15.3 Å². The van der Waals surface area contributed by atoms with Crippen molar-refractivity contribution in [2.75, 3.05) is 0 Å². The second-order valence-corrected chi connectivity index (χ2v) is 6.08. The molecule has 0 saturated heterocycles. The predicted octanol–water partition coefficient (Wildman–Crippen LogP) is 3.57. The van der Waals surface area contributed by atoms with Crippen molar-refractivity contribution >= 4 is 17.2 Å². The van der Waals surface area contributed by atoms with Crippen molar-refractivity contribution in [3.05, 3.63) is 70.3 Å². The van der Waals surface area contributed by atoms with Gasteiger partial charge in [-0.15, -0.1) is 11.3 Å². The standard InChI is InChI=1S/C18H14N4OS/c1-12(21-17(23)15-4-2-3-13(9-15)10-19)18-22-16(11-24-18)14-5-7-20-8-6-14/h2-9,11-12H,1H3,(H,21,23). The molecule has 6 heteroatoms. The number of nitrogens with zero attached hydrogens (tertiary/aromatic N) is 3. The zero-order valence-electron chi connectivity index (χ0n) is 12.9. The molecule has 118 valence electrons. The van der Waals surface area contributed by atoms with E-state index in [-0.39, 0.29) is 11.9 Å². The van der Waals surface area contributed by atoms with Gasteiger partial charge < -0.3 is 5.32 Å². The maximum absolute atomic E-state index is 12.3. The molecule has 5 nitrogen and oxygen atoms in total. The molecule has 1 unspecified atom stereocenters. The van der Waals surface area contributed by atoms with Gasteiger partial charge >= 0.3 is 0 Å². The van der Waals surface area contributed by atoms with E-state index in [9.17, 15) is 4.79 Å². The average Bonchev–Trinajstić information content (AvgIpc) is 3.13. The van der Waals surface area contributed by atoms with Crippen LogP contribution in [0.4, 0.5) is 0 Å². The molecule has 1 N–H and O–H groups in total. The number of nitriles is 1. The van der Waals surface area contributed by atoms with Crippen molar-refractivity contribution in [3.8, 4) is 17.3 Å². The molecule has 0 spiro atoms. The predicted molar refractivity (Wildman–Crippen MR) is 92.4 cm³/mol. The van der Waals surface area contributed by atoms with Crippen LogP contribution in [0.5, 0.6) is 0 Å². The van der Waals surface area contributed by atoms with Crippen LogP contribution in [0.1, 0.15) is 33.9 Å². The highest BCUT2D eigenvalue weighted by atomic mass is 32.1. The van der Waals surface area contributed by atoms with E-state index in [4.69, 9.17) is 5.26 Å². The normalized spacial score (nSPS) is 11.5. The second-order valence-electron chi connectivity index (χ2n) is 5.19. The third-order valence-electron chi connectivity index (χ3n) is 3.47. The van der Waals surface area contributed by atoms with Crippen molar-refractivity contribution in [1.29, 1.82) is 5.26 Å². The minimum Gasteiger partial charge on any atom is -0.343 e. The summed E-state index contributed by atoms with van der Waals surface area (Å²) in [6, 6.07) is 12.2. The van der Waals surface area contributed by atoms with Crippen molar-refractivity contribution in [3.63, 3.8) is 0 Å². The summed E-state index contributed by atoms with van der Waals surface area (Å²) < 4.78 is 0. The third kappa shape index (κ3) is 3.47.